The molecule has 1 fully saturated rings. The van der Waals surface area contributed by atoms with E-state index in [2.05, 4.69) is 15.0 Å². The number of sulfonamides is 1. The Balaban J connectivity index is 0.00000147. The highest BCUT2D eigenvalue weighted by Gasteiger charge is 2.26. The highest BCUT2D eigenvalue weighted by Crippen LogP contribution is 2.18. The molecule has 0 bridgehead atoms. The lowest BCUT2D eigenvalue weighted by Gasteiger charge is -2.22. The zero-order chi connectivity index (χ0) is 13.3. The Kier molecular flexibility index (Phi) is 4.64. The Morgan fingerprint density at radius 2 is 2.15 bits per heavy atom. The summed E-state index contributed by atoms with van der Waals surface area (Å²) in [5, 5.41) is 2.89. The summed E-state index contributed by atoms with van der Waals surface area (Å²) in [4.78, 5) is 4.01. The van der Waals surface area contributed by atoms with Crippen LogP contribution >= 0.6 is 12.4 Å². The molecule has 0 spiro atoms. The molecule has 1 unspecified atom stereocenters. The molecule has 2 N–H and O–H groups in total. The van der Waals surface area contributed by atoms with Crippen molar-refractivity contribution in [1.82, 2.24) is 15.0 Å². The zero-order valence-corrected chi connectivity index (χ0v) is 12.3. The monoisotopic (exact) mass is 317 g/mol. The minimum Gasteiger partial charge on any atom is -0.427 e. The average molecular weight is 318 g/mol. The Labute approximate surface area is 123 Å². The van der Waals surface area contributed by atoms with Crippen LogP contribution in [0.4, 0.5) is 0 Å². The minimum absolute atomic E-state index is 0. The molecule has 0 radical (unpaired) electrons. The topological polar surface area (TPSA) is 84.2 Å². The lowest BCUT2D eigenvalue weighted by Crippen LogP contribution is -2.45. The van der Waals surface area contributed by atoms with Crippen LogP contribution in [-0.2, 0) is 10.0 Å². The van der Waals surface area contributed by atoms with Crippen molar-refractivity contribution < 1.29 is 12.8 Å². The first-order valence-corrected chi connectivity index (χ1v) is 7.72. The maximum Gasteiger partial charge on any atom is 0.331 e. The van der Waals surface area contributed by atoms with Crippen LogP contribution in [0.5, 0.6) is 0 Å². The number of para-hydroxylation sites is 2. The van der Waals surface area contributed by atoms with Gasteiger partial charge in [-0.05, 0) is 31.5 Å². The van der Waals surface area contributed by atoms with E-state index in [4.69, 9.17) is 4.42 Å². The first kappa shape index (κ1) is 15.2. The number of hydrogen-bond acceptors (Lipinski definition) is 5. The predicted octanol–water partition coefficient (Wildman–Crippen LogP) is 1.28. The van der Waals surface area contributed by atoms with Crippen molar-refractivity contribution >= 4 is 33.5 Å². The number of benzene rings is 1. The van der Waals surface area contributed by atoms with Crippen LogP contribution in [0.3, 0.4) is 0 Å². The molecule has 1 aromatic heterocycles. The highest BCUT2D eigenvalue weighted by atomic mass is 35.5. The van der Waals surface area contributed by atoms with Crippen LogP contribution in [0, 0.1) is 0 Å². The summed E-state index contributed by atoms with van der Waals surface area (Å²) in [6.07, 6.45) is 1.78. The Hall–Kier alpha value is -1.15. The number of rotatable bonds is 3. The van der Waals surface area contributed by atoms with Gasteiger partial charge in [-0.3, -0.25) is 0 Å². The molecule has 1 atom stereocenters. The molecule has 1 saturated heterocycles. The fourth-order valence-corrected chi connectivity index (χ4v) is 3.35. The number of nitrogens with zero attached hydrogens (tertiary/aromatic N) is 1. The standard InChI is InChI=1S/C12H15N3O3S.ClH/c16-19(17,15-9-4-3-7-13-8-9)12-14-10-5-1-2-6-11(10)18-12;/h1-2,5-6,9,13,15H,3-4,7-8H2;1H. The fraction of sp³-hybridized carbons (Fsp3) is 0.417. The van der Waals surface area contributed by atoms with Gasteiger partial charge in [-0.2, -0.15) is 4.98 Å². The van der Waals surface area contributed by atoms with Gasteiger partial charge in [0.05, 0.1) is 0 Å². The summed E-state index contributed by atoms with van der Waals surface area (Å²) in [6, 6.07) is 6.89. The summed E-state index contributed by atoms with van der Waals surface area (Å²) < 4.78 is 32.3. The third-order valence-corrected chi connectivity index (χ3v) is 4.40. The minimum atomic E-state index is -3.69. The molecule has 1 aromatic carbocycles. The molecule has 8 heteroatoms. The van der Waals surface area contributed by atoms with Gasteiger partial charge in [0, 0.05) is 12.6 Å². The van der Waals surface area contributed by atoms with E-state index < -0.39 is 10.0 Å². The molecule has 110 valence electrons. The lowest BCUT2D eigenvalue weighted by atomic mass is 10.1. The van der Waals surface area contributed by atoms with Gasteiger partial charge in [-0.25, -0.2) is 13.1 Å². The van der Waals surface area contributed by atoms with Crippen molar-refractivity contribution in [3.63, 3.8) is 0 Å². The van der Waals surface area contributed by atoms with E-state index in [0.717, 1.165) is 19.4 Å². The van der Waals surface area contributed by atoms with Crippen molar-refractivity contribution in [2.24, 2.45) is 0 Å². The van der Waals surface area contributed by atoms with Crippen molar-refractivity contribution in [1.29, 1.82) is 0 Å². The second-order valence-electron chi connectivity index (χ2n) is 4.61. The van der Waals surface area contributed by atoms with Gasteiger partial charge >= 0.3 is 5.22 Å². The van der Waals surface area contributed by atoms with Crippen LogP contribution in [0.25, 0.3) is 11.1 Å². The first-order valence-electron chi connectivity index (χ1n) is 6.24. The van der Waals surface area contributed by atoms with Crippen molar-refractivity contribution in [2.75, 3.05) is 13.1 Å². The number of fused-ring (bicyclic) bond motifs is 1. The maximum atomic E-state index is 12.2. The molecule has 2 aromatic rings. The molecule has 0 saturated carbocycles. The molecule has 2 heterocycles. The quantitative estimate of drug-likeness (QED) is 0.891. The van der Waals surface area contributed by atoms with Crippen molar-refractivity contribution in [3.05, 3.63) is 24.3 Å². The van der Waals surface area contributed by atoms with Gasteiger partial charge in [-0.1, -0.05) is 12.1 Å². The smallest absolute Gasteiger partial charge is 0.331 e. The van der Waals surface area contributed by atoms with Crippen LogP contribution in [-0.4, -0.2) is 32.5 Å². The summed E-state index contributed by atoms with van der Waals surface area (Å²) in [5.41, 5.74) is 1.02. The first-order chi connectivity index (χ1) is 9.15. The number of piperidine rings is 1. The van der Waals surface area contributed by atoms with Crippen molar-refractivity contribution in [2.45, 2.75) is 24.1 Å². The second-order valence-corrected chi connectivity index (χ2v) is 6.20. The van der Waals surface area contributed by atoms with E-state index in [1.807, 2.05) is 0 Å². The van der Waals surface area contributed by atoms with Gasteiger partial charge in [0.25, 0.3) is 10.0 Å². The maximum absolute atomic E-state index is 12.2. The number of aromatic nitrogens is 1. The summed E-state index contributed by atoms with van der Waals surface area (Å²) in [7, 11) is -3.69. The van der Waals surface area contributed by atoms with Crippen LogP contribution in [0.1, 0.15) is 12.8 Å². The van der Waals surface area contributed by atoms with Gasteiger partial charge < -0.3 is 9.73 Å². The molecule has 0 amide bonds. The predicted molar refractivity (Wildman–Crippen MR) is 77.5 cm³/mol. The largest absolute Gasteiger partial charge is 0.427 e. The fourth-order valence-electron chi connectivity index (χ4n) is 2.19. The molecular weight excluding hydrogens is 302 g/mol. The van der Waals surface area contributed by atoms with E-state index in [0.29, 0.717) is 17.6 Å². The zero-order valence-electron chi connectivity index (χ0n) is 10.7. The van der Waals surface area contributed by atoms with Gasteiger partial charge in [0.15, 0.2) is 5.58 Å². The molecule has 0 aliphatic carbocycles. The molecular formula is C12H16ClN3O3S. The number of halogens is 1. The summed E-state index contributed by atoms with van der Waals surface area (Å²) in [5.74, 6) is 0. The van der Waals surface area contributed by atoms with E-state index in [9.17, 15) is 8.42 Å². The third-order valence-electron chi connectivity index (χ3n) is 3.12. The molecule has 20 heavy (non-hydrogen) atoms. The van der Waals surface area contributed by atoms with E-state index >= 15 is 0 Å². The van der Waals surface area contributed by atoms with Crippen LogP contribution in [0.2, 0.25) is 0 Å². The lowest BCUT2D eigenvalue weighted by molar-refractivity contribution is 0.411. The average Bonchev–Trinajstić information content (AvgIpc) is 2.84. The Bertz CT molecular complexity index is 647. The third kappa shape index (κ3) is 3.12. The van der Waals surface area contributed by atoms with Gasteiger partial charge in [0.2, 0.25) is 0 Å². The normalized spacial score (nSPS) is 19.7. The van der Waals surface area contributed by atoms with Crippen LogP contribution in [0.15, 0.2) is 33.9 Å². The Morgan fingerprint density at radius 1 is 1.35 bits per heavy atom. The summed E-state index contributed by atoms with van der Waals surface area (Å²) >= 11 is 0. The molecule has 3 rings (SSSR count). The van der Waals surface area contributed by atoms with E-state index in [1.54, 1.807) is 24.3 Å². The number of hydrogen-bond donors (Lipinski definition) is 2. The van der Waals surface area contributed by atoms with E-state index in [1.165, 1.54) is 0 Å². The summed E-state index contributed by atoms with van der Waals surface area (Å²) in [6.45, 7) is 1.57. The number of oxazole rings is 1. The van der Waals surface area contributed by atoms with E-state index in [-0.39, 0.29) is 23.7 Å². The molecule has 6 nitrogen and oxygen atoms in total. The van der Waals surface area contributed by atoms with Crippen molar-refractivity contribution in [3.8, 4) is 0 Å². The molecule has 1 aliphatic heterocycles. The Morgan fingerprint density at radius 3 is 2.85 bits per heavy atom. The van der Waals surface area contributed by atoms with Gasteiger partial charge in [-0.15, -0.1) is 12.4 Å². The highest BCUT2D eigenvalue weighted by molar-refractivity contribution is 7.89. The SMILES string of the molecule is Cl.O=S(=O)(NC1CCCNC1)c1nc2ccccc2o1. The van der Waals surface area contributed by atoms with Gasteiger partial charge in [0.1, 0.15) is 5.52 Å². The second kappa shape index (κ2) is 6.09. The molecule has 1 aliphatic rings. The van der Waals surface area contributed by atoms with Crippen LogP contribution < -0.4 is 10.0 Å². The number of nitrogens with one attached hydrogen (secondary N) is 2.